The third-order valence-corrected chi connectivity index (χ3v) is 4.73. The fourth-order valence-electron chi connectivity index (χ4n) is 1.90. The van der Waals surface area contributed by atoms with E-state index in [0.717, 1.165) is 5.56 Å². The molecule has 2 nitrogen and oxygen atoms in total. The van der Waals surface area contributed by atoms with E-state index >= 15 is 0 Å². The molecule has 2 atom stereocenters. The van der Waals surface area contributed by atoms with E-state index in [4.69, 9.17) is 11.6 Å². The van der Waals surface area contributed by atoms with Crippen molar-refractivity contribution in [3.63, 3.8) is 0 Å². The van der Waals surface area contributed by atoms with Gasteiger partial charge in [-0.3, -0.25) is 4.21 Å². The molecule has 0 saturated carbocycles. The Morgan fingerprint density at radius 2 is 1.95 bits per heavy atom. The van der Waals surface area contributed by atoms with E-state index in [-0.39, 0.29) is 11.1 Å². The Bertz CT molecular complexity index is 606. The van der Waals surface area contributed by atoms with Crippen molar-refractivity contribution in [3.05, 3.63) is 64.9 Å². The van der Waals surface area contributed by atoms with Gasteiger partial charge in [0.15, 0.2) is 0 Å². The lowest BCUT2D eigenvalue weighted by Gasteiger charge is -2.16. The summed E-state index contributed by atoms with van der Waals surface area (Å²) in [5, 5.41) is 3.14. The number of rotatable bonds is 5. The molecule has 0 saturated heterocycles. The topological polar surface area (TPSA) is 29.1 Å². The predicted octanol–water partition coefficient (Wildman–Crippen LogP) is 3.55. The molecule has 2 unspecified atom stereocenters. The van der Waals surface area contributed by atoms with E-state index in [1.807, 2.05) is 37.4 Å². The van der Waals surface area contributed by atoms with Gasteiger partial charge in [-0.2, -0.15) is 0 Å². The molecule has 0 aliphatic rings. The van der Waals surface area contributed by atoms with Crippen molar-refractivity contribution in [1.29, 1.82) is 0 Å². The molecular weight excluding hydrogens is 297 g/mol. The highest BCUT2D eigenvalue weighted by Gasteiger charge is 2.15. The Morgan fingerprint density at radius 3 is 2.55 bits per heavy atom. The highest BCUT2D eigenvalue weighted by Crippen LogP contribution is 2.21. The van der Waals surface area contributed by atoms with Crippen LogP contribution in [0, 0.1) is 5.82 Å². The molecule has 0 aliphatic heterocycles. The maximum Gasteiger partial charge on any atom is 0.141 e. The van der Waals surface area contributed by atoms with Gasteiger partial charge in [0.25, 0.3) is 0 Å². The van der Waals surface area contributed by atoms with Gasteiger partial charge < -0.3 is 5.32 Å². The molecule has 0 aliphatic carbocycles. The Hall–Kier alpha value is -1.23. The first-order valence-electron chi connectivity index (χ1n) is 6.17. The number of benzene rings is 2. The molecule has 0 spiro atoms. The van der Waals surface area contributed by atoms with Crippen LogP contribution in [-0.2, 0) is 10.8 Å². The second-order valence-corrected chi connectivity index (χ2v) is 6.24. The van der Waals surface area contributed by atoms with Crippen LogP contribution in [0.25, 0.3) is 0 Å². The molecular formula is C15H15ClFNOS. The molecule has 20 heavy (non-hydrogen) atoms. The van der Waals surface area contributed by atoms with Crippen LogP contribution < -0.4 is 5.32 Å². The van der Waals surface area contributed by atoms with Crippen LogP contribution in [0.15, 0.2) is 53.4 Å². The van der Waals surface area contributed by atoms with Gasteiger partial charge >= 0.3 is 0 Å². The highest BCUT2D eigenvalue weighted by atomic mass is 35.5. The van der Waals surface area contributed by atoms with Gasteiger partial charge in [0.1, 0.15) is 5.82 Å². The van der Waals surface area contributed by atoms with E-state index in [2.05, 4.69) is 5.32 Å². The summed E-state index contributed by atoms with van der Waals surface area (Å²) in [5.41, 5.74) is 1.07. The number of hydrogen-bond acceptors (Lipinski definition) is 2. The molecule has 2 aromatic carbocycles. The molecule has 106 valence electrons. The average Bonchev–Trinajstić information content (AvgIpc) is 2.48. The van der Waals surface area contributed by atoms with Crippen molar-refractivity contribution >= 4 is 22.4 Å². The normalized spacial score (nSPS) is 13.9. The third kappa shape index (κ3) is 3.66. The molecule has 1 N–H and O–H groups in total. The van der Waals surface area contributed by atoms with Crippen LogP contribution in [-0.4, -0.2) is 17.0 Å². The van der Waals surface area contributed by atoms with Crippen LogP contribution >= 0.6 is 11.6 Å². The monoisotopic (exact) mass is 311 g/mol. The largest absolute Gasteiger partial charge is 0.312 e. The minimum atomic E-state index is -1.25. The fraction of sp³-hybridized carbons (Fsp3) is 0.200. The average molecular weight is 312 g/mol. The van der Waals surface area contributed by atoms with Gasteiger partial charge in [-0.25, -0.2) is 4.39 Å². The standard InChI is InChI=1S/C15H15ClFNOS/c1-18-15(11-5-3-2-4-6-11)10-20(19)12-7-8-14(17)13(16)9-12/h2-9,15,18H,10H2,1H3. The first-order chi connectivity index (χ1) is 9.61. The summed E-state index contributed by atoms with van der Waals surface area (Å²) in [4.78, 5) is 0.535. The van der Waals surface area contributed by atoms with Crippen molar-refractivity contribution in [2.75, 3.05) is 12.8 Å². The summed E-state index contributed by atoms with van der Waals surface area (Å²) in [7, 11) is 0.580. The summed E-state index contributed by atoms with van der Waals surface area (Å²) in [6.45, 7) is 0. The van der Waals surface area contributed by atoms with Crippen molar-refractivity contribution in [3.8, 4) is 0 Å². The van der Waals surface area contributed by atoms with Crippen molar-refractivity contribution in [2.45, 2.75) is 10.9 Å². The van der Waals surface area contributed by atoms with Crippen LogP contribution in [0.4, 0.5) is 4.39 Å². The van der Waals surface area contributed by atoms with E-state index in [0.29, 0.717) is 10.6 Å². The summed E-state index contributed by atoms with van der Waals surface area (Å²) >= 11 is 5.72. The van der Waals surface area contributed by atoms with Crippen LogP contribution in [0.5, 0.6) is 0 Å². The minimum absolute atomic E-state index is 0.00318. The van der Waals surface area contributed by atoms with Gasteiger partial charge in [-0.05, 0) is 30.8 Å². The van der Waals surface area contributed by atoms with Gasteiger partial charge in [-0.15, -0.1) is 0 Å². The zero-order valence-corrected chi connectivity index (χ0v) is 12.5. The third-order valence-electron chi connectivity index (χ3n) is 3.02. The SMILES string of the molecule is CNC(CS(=O)c1ccc(F)c(Cl)c1)c1ccccc1. The smallest absolute Gasteiger partial charge is 0.141 e. The summed E-state index contributed by atoms with van der Waals surface area (Å²) in [6, 6.07) is 13.9. The maximum absolute atomic E-state index is 13.1. The molecule has 0 aromatic heterocycles. The van der Waals surface area contributed by atoms with Gasteiger partial charge in [-0.1, -0.05) is 41.9 Å². The number of nitrogens with one attached hydrogen (secondary N) is 1. The molecule has 0 bridgehead atoms. The molecule has 5 heteroatoms. The van der Waals surface area contributed by atoms with Crippen LogP contribution in [0.2, 0.25) is 5.02 Å². The Balaban J connectivity index is 2.15. The van der Waals surface area contributed by atoms with E-state index in [1.165, 1.54) is 18.2 Å². The molecule has 2 aromatic rings. The van der Waals surface area contributed by atoms with Gasteiger partial charge in [0, 0.05) is 16.7 Å². The van der Waals surface area contributed by atoms with Crippen molar-refractivity contribution in [2.24, 2.45) is 0 Å². The summed E-state index contributed by atoms with van der Waals surface area (Å²) < 4.78 is 25.5. The lowest BCUT2D eigenvalue weighted by molar-refractivity contribution is 0.625. The molecule has 0 radical (unpaired) electrons. The predicted molar refractivity (Wildman–Crippen MR) is 80.9 cm³/mol. The molecule has 2 rings (SSSR count). The molecule has 0 fully saturated rings. The lowest BCUT2D eigenvalue weighted by Crippen LogP contribution is -2.22. The summed E-state index contributed by atoms with van der Waals surface area (Å²) in [5.74, 6) is -0.0942. The number of hydrogen-bond donors (Lipinski definition) is 1. The van der Waals surface area contributed by atoms with Crippen LogP contribution in [0.1, 0.15) is 11.6 Å². The van der Waals surface area contributed by atoms with Gasteiger partial charge in [0.05, 0.1) is 15.8 Å². The second-order valence-electron chi connectivity index (χ2n) is 4.34. The van der Waals surface area contributed by atoms with E-state index in [9.17, 15) is 8.60 Å². The highest BCUT2D eigenvalue weighted by molar-refractivity contribution is 7.85. The second kappa shape index (κ2) is 6.97. The van der Waals surface area contributed by atoms with E-state index < -0.39 is 16.6 Å². The summed E-state index contributed by atoms with van der Waals surface area (Å²) in [6.07, 6.45) is 0. The lowest BCUT2D eigenvalue weighted by atomic mass is 10.1. The Kier molecular flexibility index (Phi) is 5.29. The molecule has 0 heterocycles. The van der Waals surface area contributed by atoms with Gasteiger partial charge in [0.2, 0.25) is 0 Å². The fourth-order valence-corrected chi connectivity index (χ4v) is 3.47. The zero-order valence-electron chi connectivity index (χ0n) is 11.0. The first-order valence-corrected chi connectivity index (χ1v) is 7.87. The van der Waals surface area contributed by atoms with Crippen molar-refractivity contribution < 1.29 is 8.60 Å². The maximum atomic E-state index is 13.1. The van der Waals surface area contributed by atoms with Crippen molar-refractivity contribution in [1.82, 2.24) is 5.32 Å². The molecule has 0 amide bonds. The quantitative estimate of drug-likeness (QED) is 0.915. The Morgan fingerprint density at radius 1 is 1.25 bits per heavy atom. The van der Waals surface area contributed by atoms with E-state index in [1.54, 1.807) is 0 Å². The zero-order chi connectivity index (χ0) is 14.5. The number of halogens is 2. The van der Waals surface area contributed by atoms with Crippen LogP contribution in [0.3, 0.4) is 0 Å². The first kappa shape index (κ1) is 15.2. The minimum Gasteiger partial charge on any atom is -0.312 e. The Labute approximate surface area is 125 Å².